The minimum atomic E-state index is -0.241. The Morgan fingerprint density at radius 1 is 1.17 bits per heavy atom. The summed E-state index contributed by atoms with van der Waals surface area (Å²) in [7, 11) is 1.50. The number of aromatic nitrogens is 2. The Bertz CT molecular complexity index is 968. The molecule has 0 spiro atoms. The van der Waals surface area contributed by atoms with Crippen LogP contribution in [0.4, 0.5) is 0 Å². The average Bonchev–Trinajstić information content (AvgIpc) is 2.54. The number of ether oxygens (including phenoxy) is 1. The number of nitrogens with one attached hydrogen (secondary N) is 1. The summed E-state index contributed by atoms with van der Waals surface area (Å²) in [5.41, 5.74) is 1.61. The van der Waals surface area contributed by atoms with Crippen LogP contribution in [0.1, 0.15) is 26.3 Å². The van der Waals surface area contributed by atoms with E-state index in [9.17, 15) is 9.90 Å². The van der Waals surface area contributed by atoms with E-state index in [0.717, 1.165) is 5.56 Å². The maximum atomic E-state index is 12.3. The Kier molecular flexibility index (Phi) is 3.79. The monoisotopic (exact) mass is 324 g/mol. The summed E-state index contributed by atoms with van der Waals surface area (Å²) < 4.78 is 5.29. The molecular weight excluding hydrogens is 304 g/mol. The van der Waals surface area contributed by atoms with Crippen molar-refractivity contribution < 1.29 is 9.84 Å². The number of methoxy groups -OCH3 is 1. The minimum absolute atomic E-state index is 0.0380. The molecule has 0 fully saturated rings. The molecule has 2 N–H and O–H groups in total. The third-order valence-corrected chi connectivity index (χ3v) is 4.03. The first-order chi connectivity index (χ1) is 11.3. The van der Waals surface area contributed by atoms with E-state index in [2.05, 4.69) is 30.7 Å². The fourth-order valence-electron chi connectivity index (χ4n) is 2.59. The molecule has 0 aliphatic heterocycles. The number of phenolic OH excluding ortho intramolecular Hbond substituents is 1. The van der Waals surface area contributed by atoms with Crippen molar-refractivity contribution in [2.24, 2.45) is 0 Å². The Morgan fingerprint density at radius 2 is 1.88 bits per heavy atom. The second-order valence-electron chi connectivity index (χ2n) is 6.76. The Labute approximate surface area is 140 Å². The Hall–Kier alpha value is -2.82. The summed E-state index contributed by atoms with van der Waals surface area (Å²) in [6.45, 7) is 6.21. The lowest BCUT2D eigenvalue weighted by Crippen LogP contribution is -2.13. The fraction of sp³-hybridized carbons (Fsp3) is 0.263. The van der Waals surface area contributed by atoms with Crippen molar-refractivity contribution in [2.75, 3.05) is 7.11 Å². The number of rotatable bonds is 2. The molecule has 5 heteroatoms. The van der Waals surface area contributed by atoms with Gasteiger partial charge in [0, 0.05) is 0 Å². The maximum absolute atomic E-state index is 12.3. The molecule has 5 nitrogen and oxygen atoms in total. The predicted octanol–water partition coefficient (Wildman–Crippen LogP) is 3.60. The number of aromatic amines is 1. The van der Waals surface area contributed by atoms with Gasteiger partial charge in [-0.2, -0.15) is 0 Å². The molecule has 3 rings (SSSR count). The van der Waals surface area contributed by atoms with Crippen LogP contribution in [0.3, 0.4) is 0 Å². The van der Waals surface area contributed by atoms with Crippen LogP contribution in [-0.2, 0) is 5.41 Å². The van der Waals surface area contributed by atoms with Gasteiger partial charge in [-0.3, -0.25) is 4.79 Å². The molecule has 24 heavy (non-hydrogen) atoms. The zero-order valence-corrected chi connectivity index (χ0v) is 14.2. The zero-order valence-electron chi connectivity index (χ0n) is 14.2. The van der Waals surface area contributed by atoms with Gasteiger partial charge in [0.05, 0.1) is 23.6 Å². The van der Waals surface area contributed by atoms with Crippen molar-refractivity contribution in [1.29, 1.82) is 0 Å². The smallest absolute Gasteiger partial charge is 0.259 e. The lowest BCUT2D eigenvalue weighted by Gasteiger charge is -2.21. The van der Waals surface area contributed by atoms with Crippen LogP contribution in [0.5, 0.6) is 11.5 Å². The molecule has 1 aromatic heterocycles. The summed E-state index contributed by atoms with van der Waals surface area (Å²) in [5, 5.41) is 11.0. The van der Waals surface area contributed by atoms with Crippen LogP contribution in [0.25, 0.3) is 22.3 Å². The molecule has 0 saturated heterocycles. The van der Waals surface area contributed by atoms with Gasteiger partial charge in [0.25, 0.3) is 5.56 Å². The van der Waals surface area contributed by atoms with Gasteiger partial charge in [-0.25, -0.2) is 4.98 Å². The lowest BCUT2D eigenvalue weighted by atomic mass is 9.85. The largest absolute Gasteiger partial charge is 0.504 e. The van der Waals surface area contributed by atoms with E-state index in [-0.39, 0.29) is 16.7 Å². The van der Waals surface area contributed by atoms with E-state index < -0.39 is 0 Å². The van der Waals surface area contributed by atoms with Gasteiger partial charge in [0.1, 0.15) is 5.82 Å². The fourth-order valence-corrected chi connectivity index (χ4v) is 2.59. The standard InChI is InChI=1S/C19H20N2O3/c1-19(2,3)11-9-13(16(22)15(10-11)24-4)17-20-14-8-6-5-7-12(14)18(23)21-17/h5-10,22H,1-4H3,(H,20,21,23). The second-order valence-corrected chi connectivity index (χ2v) is 6.76. The molecule has 0 aliphatic rings. The van der Waals surface area contributed by atoms with Crippen LogP contribution in [0.2, 0.25) is 0 Å². The number of hydrogen-bond donors (Lipinski definition) is 2. The number of nitrogens with zero attached hydrogens (tertiary/aromatic N) is 1. The highest BCUT2D eigenvalue weighted by molar-refractivity contribution is 5.80. The number of hydrogen-bond acceptors (Lipinski definition) is 4. The number of H-pyrrole nitrogens is 1. The summed E-state index contributed by atoms with van der Waals surface area (Å²) in [6, 6.07) is 10.8. The normalized spacial score (nSPS) is 11.7. The summed E-state index contributed by atoms with van der Waals surface area (Å²) >= 11 is 0. The highest BCUT2D eigenvalue weighted by Crippen LogP contribution is 2.40. The number of fused-ring (bicyclic) bond motifs is 1. The van der Waals surface area contributed by atoms with E-state index in [1.165, 1.54) is 7.11 Å². The third-order valence-electron chi connectivity index (χ3n) is 4.03. The first-order valence-corrected chi connectivity index (χ1v) is 7.72. The van der Waals surface area contributed by atoms with Crippen molar-refractivity contribution in [3.8, 4) is 22.9 Å². The summed E-state index contributed by atoms with van der Waals surface area (Å²) in [5.74, 6) is 0.637. The van der Waals surface area contributed by atoms with Crippen LogP contribution in [0.15, 0.2) is 41.2 Å². The van der Waals surface area contributed by atoms with E-state index in [4.69, 9.17) is 4.74 Å². The van der Waals surface area contributed by atoms with Gasteiger partial charge in [-0.05, 0) is 35.2 Å². The predicted molar refractivity (Wildman–Crippen MR) is 94.7 cm³/mol. The quantitative estimate of drug-likeness (QED) is 0.755. The number of phenols is 1. The lowest BCUT2D eigenvalue weighted by molar-refractivity contribution is 0.372. The molecule has 2 aromatic carbocycles. The van der Waals surface area contributed by atoms with Gasteiger partial charge in [0.2, 0.25) is 0 Å². The van der Waals surface area contributed by atoms with E-state index in [1.807, 2.05) is 12.1 Å². The SMILES string of the molecule is COc1cc(C(C)(C)C)cc(-c2nc3ccccc3c(=O)[nH]2)c1O. The molecule has 0 radical (unpaired) electrons. The molecule has 0 atom stereocenters. The molecule has 0 unspecified atom stereocenters. The van der Waals surface area contributed by atoms with Crippen molar-refractivity contribution in [3.63, 3.8) is 0 Å². The van der Waals surface area contributed by atoms with E-state index >= 15 is 0 Å². The highest BCUT2D eigenvalue weighted by atomic mass is 16.5. The molecular formula is C19H20N2O3. The van der Waals surface area contributed by atoms with Gasteiger partial charge in [0.15, 0.2) is 11.5 Å². The van der Waals surface area contributed by atoms with Crippen molar-refractivity contribution in [3.05, 3.63) is 52.3 Å². The molecule has 124 valence electrons. The minimum Gasteiger partial charge on any atom is -0.504 e. The maximum Gasteiger partial charge on any atom is 0.259 e. The molecule has 0 saturated carbocycles. The van der Waals surface area contributed by atoms with Crippen LogP contribution in [-0.4, -0.2) is 22.2 Å². The second kappa shape index (κ2) is 5.67. The summed E-state index contributed by atoms with van der Waals surface area (Å²) in [4.78, 5) is 19.6. The Morgan fingerprint density at radius 3 is 2.54 bits per heavy atom. The molecule has 0 aliphatic carbocycles. The average molecular weight is 324 g/mol. The number of para-hydroxylation sites is 1. The Balaban J connectivity index is 2.31. The van der Waals surface area contributed by atoms with Gasteiger partial charge < -0.3 is 14.8 Å². The molecule has 0 amide bonds. The van der Waals surface area contributed by atoms with Crippen molar-refractivity contribution in [1.82, 2.24) is 9.97 Å². The van der Waals surface area contributed by atoms with E-state index in [1.54, 1.807) is 24.3 Å². The topological polar surface area (TPSA) is 75.2 Å². The van der Waals surface area contributed by atoms with Gasteiger partial charge >= 0.3 is 0 Å². The third kappa shape index (κ3) is 2.73. The highest BCUT2D eigenvalue weighted by Gasteiger charge is 2.21. The first kappa shape index (κ1) is 16.1. The van der Waals surface area contributed by atoms with Crippen LogP contribution >= 0.6 is 0 Å². The number of benzene rings is 2. The number of aromatic hydroxyl groups is 1. The molecule has 1 heterocycles. The molecule has 3 aromatic rings. The van der Waals surface area contributed by atoms with E-state index in [0.29, 0.717) is 28.0 Å². The van der Waals surface area contributed by atoms with Crippen molar-refractivity contribution in [2.45, 2.75) is 26.2 Å². The summed E-state index contributed by atoms with van der Waals surface area (Å²) in [6.07, 6.45) is 0. The van der Waals surface area contributed by atoms with Crippen LogP contribution in [0, 0.1) is 0 Å². The first-order valence-electron chi connectivity index (χ1n) is 7.72. The van der Waals surface area contributed by atoms with Gasteiger partial charge in [-0.1, -0.05) is 32.9 Å². The van der Waals surface area contributed by atoms with Crippen molar-refractivity contribution >= 4 is 10.9 Å². The molecule has 0 bridgehead atoms. The zero-order chi connectivity index (χ0) is 17.5. The van der Waals surface area contributed by atoms with Crippen LogP contribution < -0.4 is 10.3 Å². The van der Waals surface area contributed by atoms with Gasteiger partial charge in [-0.15, -0.1) is 0 Å².